The monoisotopic (exact) mass is 441 g/mol. The molecule has 0 unspecified atom stereocenters. The minimum Gasteiger partial charge on any atom is -0.378 e. The van der Waals surface area contributed by atoms with Gasteiger partial charge in [0.2, 0.25) is 0 Å². The van der Waals surface area contributed by atoms with Crippen molar-refractivity contribution < 1.29 is 9.59 Å². The van der Waals surface area contributed by atoms with E-state index in [1.165, 1.54) is 0 Å². The zero-order chi connectivity index (χ0) is 22.9. The van der Waals surface area contributed by atoms with Gasteiger partial charge in [-0.05, 0) is 41.8 Å². The van der Waals surface area contributed by atoms with Gasteiger partial charge in [0.1, 0.15) is 5.69 Å². The average molecular weight is 442 g/mol. The van der Waals surface area contributed by atoms with Gasteiger partial charge in [0.05, 0.1) is 12.7 Å². The number of rotatable bonds is 6. The molecule has 1 aliphatic heterocycles. The van der Waals surface area contributed by atoms with E-state index in [2.05, 4.69) is 33.5 Å². The minimum absolute atomic E-state index is 0.0414. The van der Waals surface area contributed by atoms with Crippen molar-refractivity contribution in [1.82, 2.24) is 19.7 Å². The van der Waals surface area contributed by atoms with Crippen LogP contribution in [0.5, 0.6) is 0 Å². The van der Waals surface area contributed by atoms with E-state index in [0.717, 1.165) is 40.7 Å². The SMILES string of the molecule is CN(C)c1cccc(Cn2cc(CC(=O)c3ccc4cc5n(c4c3)CCCNC5=O)cn2)c1. The smallest absolute Gasteiger partial charge is 0.267 e. The van der Waals surface area contributed by atoms with Crippen molar-refractivity contribution in [2.24, 2.45) is 0 Å². The van der Waals surface area contributed by atoms with Crippen LogP contribution in [0, 0.1) is 0 Å². The van der Waals surface area contributed by atoms with Gasteiger partial charge in [-0.1, -0.05) is 24.3 Å². The van der Waals surface area contributed by atoms with Gasteiger partial charge < -0.3 is 14.8 Å². The van der Waals surface area contributed by atoms with Crippen LogP contribution in [0.1, 0.15) is 38.4 Å². The molecule has 0 radical (unpaired) electrons. The first-order valence-corrected chi connectivity index (χ1v) is 11.2. The van der Waals surface area contributed by atoms with Gasteiger partial charge in [0, 0.05) is 62.0 Å². The lowest BCUT2D eigenvalue weighted by atomic mass is 10.0. The second-order valence-corrected chi connectivity index (χ2v) is 8.77. The fourth-order valence-electron chi connectivity index (χ4n) is 4.38. The van der Waals surface area contributed by atoms with Gasteiger partial charge in [-0.15, -0.1) is 0 Å². The molecule has 1 N–H and O–H groups in total. The number of carbonyl (C=O) groups is 2. The highest BCUT2D eigenvalue weighted by Gasteiger charge is 2.19. The standard InChI is InChI=1S/C26H27N5O2/c1-29(2)22-6-3-5-18(11-22)16-30-17-19(15-28-30)12-25(32)21-8-7-20-13-24-26(33)27-9-4-10-31(24)23(20)14-21/h3,5-8,11,13-15,17H,4,9-10,12,16H2,1-2H3,(H,27,33). The highest BCUT2D eigenvalue weighted by atomic mass is 16.2. The number of hydrogen-bond acceptors (Lipinski definition) is 4. The number of nitrogens with zero attached hydrogens (tertiary/aromatic N) is 4. The molecule has 1 aliphatic rings. The van der Waals surface area contributed by atoms with Crippen LogP contribution in [0.15, 0.2) is 60.9 Å². The zero-order valence-corrected chi connectivity index (χ0v) is 18.9. The molecule has 0 atom stereocenters. The molecule has 5 rings (SSSR count). The topological polar surface area (TPSA) is 72.2 Å². The van der Waals surface area contributed by atoms with Gasteiger partial charge in [-0.3, -0.25) is 14.3 Å². The van der Waals surface area contributed by atoms with Crippen LogP contribution in [0.25, 0.3) is 10.9 Å². The summed E-state index contributed by atoms with van der Waals surface area (Å²) < 4.78 is 3.89. The predicted octanol–water partition coefficient (Wildman–Crippen LogP) is 3.51. The Morgan fingerprint density at radius 2 is 2.00 bits per heavy atom. The van der Waals surface area contributed by atoms with Gasteiger partial charge in [0.25, 0.3) is 5.91 Å². The number of benzene rings is 2. The second-order valence-electron chi connectivity index (χ2n) is 8.77. The predicted molar refractivity (Wildman–Crippen MR) is 129 cm³/mol. The molecule has 168 valence electrons. The van der Waals surface area contributed by atoms with Crippen molar-refractivity contribution in [3.8, 4) is 0 Å². The quantitative estimate of drug-likeness (QED) is 0.465. The fraction of sp³-hybridized carbons (Fsp3) is 0.269. The number of anilines is 1. The number of hydrogen-bond donors (Lipinski definition) is 1. The summed E-state index contributed by atoms with van der Waals surface area (Å²) in [7, 11) is 4.04. The third-order valence-corrected chi connectivity index (χ3v) is 6.13. The first-order chi connectivity index (χ1) is 16.0. The normalized spacial score (nSPS) is 13.5. The summed E-state index contributed by atoms with van der Waals surface area (Å²) in [5.41, 5.74) is 5.43. The highest BCUT2D eigenvalue weighted by molar-refractivity contribution is 6.03. The van der Waals surface area contributed by atoms with Gasteiger partial charge in [-0.2, -0.15) is 5.10 Å². The van der Waals surface area contributed by atoms with Crippen molar-refractivity contribution in [3.63, 3.8) is 0 Å². The molecule has 0 saturated carbocycles. The molecule has 1 amide bonds. The summed E-state index contributed by atoms with van der Waals surface area (Å²) >= 11 is 0. The van der Waals surface area contributed by atoms with Crippen LogP contribution in [-0.4, -0.2) is 46.7 Å². The van der Waals surface area contributed by atoms with E-state index in [1.54, 1.807) is 6.20 Å². The van der Waals surface area contributed by atoms with E-state index in [1.807, 2.05) is 59.9 Å². The van der Waals surface area contributed by atoms with Crippen LogP contribution in [0.2, 0.25) is 0 Å². The molecule has 0 fully saturated rings. The van der Waals surface area contributed by atoms with E-state index in [0.29, 0.717) is 24.3 Å². The lowest BCUT2D eigenvalue weighted by molar-refractivity contribution is 0.0950. The molecule has 0 bridgehead atoms. The third-order valence-electron chi connectivity index (χ3n) is 6.13. The number of amides is 1. The number of nitrogens with one attached hydrogen (secondary N) is 1. The number of aryl methyl sites for hydroxylation is 1. The molecule has 3 heterocycles. The Morgan fingerprint density at radius 3 is 2.85 bits per heavy atom. The van der Waals surface area contributed by atoms with Crippen LogP contribution in [0.4, 0.5) is 5.69 Å². The molecular weight excluding hydrogens is 414 g/mol. The molecule has 0 spiro atoms. The van der Waals surface area contributed by atoms with E-state index < -0.39 is 0 Å². The lowest BCUT2D eigenvalue weighted by Crippen LogP contribution is -2.22. The summed E-state index contributed by atoms with van der Waals surface area (Å²) in [6.07, 6.45) is 4.86. The Balaban J connectivity index is 1.33. The van der Waals surface area contributed by atoms with Crippen LogP contribution in [0.3, 0.4) is 0 Å². The van der Waals surface area contributed by atoms with Crippen LogP contribution < -0.4 is 10.2 Å². The van der Waals surface area contributed by atoms with Crippen molar-refractivity contribution in [3.05, 3.63) is 83.3 Å². The first-order valence-electron chi connectivity index (χ1n) is 11.2. The summed E-state index contributed by atoms with van der Waals surface area (Å²) in [6.45, 7) is 2.08. The molecule has 4 aromatic rings. The van der Waals surface area contributed by atoms with E-state index in [-0.39, 0.29) is 18.1 Å². The van der Waals surface area contributed by atoms with Crippen molar-refractivity contribution in [2.75, 3.05) is 25.5 Å². The summed E-state index contributed by atoms with van der Waals surface area (Å²) in [5.74, 6) is -0.0141. The van der Waals surface area contributed by atoms with Crippen molar-refractivity contribution in [2.45, 2.75) is 25.9 Å². The average Bonchev–Trinajstić information content (AvgIpc) is 3.35. The Morgan fingerprint density at radius 1 is 1.12 bits per heavy atom. The van der Waals surface area contributed by atoms with E-state index in [9.17, 15) is 9.59 Å². The molecular formula is C26H27N5O2. The molecule has 7 nitrogen and oxygen atoms in total. The van der Waals surface area contributed by atoms with E-state index in [4.69, 9.17) is 0 Å². The number of Topliss-reactive ketones (excluding diaryl/α,β-unsaturated/α-hetero) is 1. The highest BCUT2D eigenvalue weighted by Crippen LogP contribution is 2.24. The Bertz CT molecular complexity index is 1350. The molecule has 0 saturated heterocycles. The Hall–Kier alpha value is -3.87. The minimum atomic E-state index is -0.0555. The third kappa shape index (κ3) is 4.26. The van der Waals surface area contributed by atoms with Gasteiger partial charge in [-0.25, -0.2) is 0 Å². The van der Waals surface area contributed by atoms with Gasteiger partial charge >= 0.3 is 0 Å². The first kappa shape index (κ1) is 21.0. The molecule has 33 heavy (non-hydrogen) atoms. The van der Waals surface area contributed by atoms with Crippen molar-refractivity contribution >= 4 is 28.3 Å². The number of aromatic nitrogens is 3. The van der Waals surface area contributed by atoms with Gasteiger partial charge in [0.15, 0.2) is 5.78 Å². The number of fused-ring (bicyclic) bond motifs is 3. The summed E-state index contributed by atoms with van der Waals surface area (Å²) in [5, 5.41) is 8.35. The Labute approximate surface area is 192 Å². The zero-order valence-electron chi connectivity index (χ0n) is 18.9. The van der Waals surface area contributed by atoms with Crippen molar-refractivity contribution in [1.29, 1.82) is 0 Å². The number of ketones is 1. The maximum absolute atomic E-state index is 13.0. The molecule has 7 heteroatoms. The fourth-order valence-corrected chi connectivity index (χ4v) is 4.38. The lowest BCUT2D eigenvalue weighted by Gasteiger charge is -2.13. The molecule has 0 aliphatic carbocycles. The molecule has 2 aromatic heterocycles. The largest absolute Gasteiger partial charge is 0.378 e. The Kier molecular flexibility index (Phi) is 5.46. The maximum atomic E-state index is 13.0. The summed E-state index contributed by atoms with van der Waals surface area (Å²) in [4.78, 5) is 27.4. The van der Waals surface area contributed by atoms with Crippen LogP contribution in [-0.2, 0) is 19.5 Å². The summed E-state index contributed by atoms with van der Waals surface area (Å²) in [6, 6.07) is 15.9. The van der Waals surface area contributed by atoms with E-state index >= 15 is 0 Å². The number of carbonyl (C=O) groups excluding carboxylic acids is 2. The second kappa shape index (κ2) is 8.58. The maximum Gasteiger partial charge on any atom is 0.267 e. The molecule has 2 aromatic carbocycles. The van der Waals surface area contributed by atoms with Crippen LogP contribution >= 0.6 is 0 Å².